The minimum atomic E-state index is 0.488. The summed E-state index contributed by atoms with van der Waals surface area (Å²) < 4.78 is 0. The van der Waals surface area contributed by atoms with Gasteiger partial charge in [-0.05, 0) is 44.4 Å². The molecule has 0 aliphatic carbocycles. The maximum atomic E-state index is 2.36. The van der Waals surface area contributed by atoms with Gasteiger partial charge in [0.25, 0.3) is 0 Å². The van der Waals surface area contributed by atoms with Crippen LogP contribution in [0.15, 0.2) is 23.8 Å². The third-order valence-electron chi connectivity index (χ3n) is 2.50. The lowest BCUT2D eigenvalue weighted by Crippen LogP contribution is -2.03. The van der Waals surface area contributed by atoms with E-state index in [9.17, 15) is 0 Å². The largest absolute Gasteiger partial charge is 0.0885 e. The van der Waals surface area contributed by atoms with Crippen LogP contribution in [-0.4, -0.2) is 0 Å². The molecule has 0 aromatic rings. The molecule has 0 saturated carbocycles. The second kappa shape index (κ2) is 7.73. The van der Waals surface area contributed by atoms with Gasteiger partial charge in [-0.25, -0.2) is 0 Å². The molecular formula is C15H28. The summed E-state index contributed by atoms with van der Waals surface area (Å²) in [6.07, 6.45) is 13.0. The van der Waals surface area contributed by atoms with Crippen molar-refractivity contribution in [3.63, 3.8) is 0 Å². The van der Waals surface area contributed by atoms with E-state index >= 15 is 0 Å². The Balaban J connectivity index is 3.64. The second-order valence-corrected chi connectivity index (χ2v) is 5.58. The lowest BCUT2D eigenvalue weighted by Gasteiger charge is -2.17. The van der Waals surface area contributed by atoms with Crippen molar-refractivity contribution in [2.45, 2.75) is 66.7 Å². The minimum absolute atomic E-state index is 0.488. The van der Waals surface area contributed by atoms with Gasteiger partial charge in [-0.1, -0.05) is 51.5 Å². The molecule has 0 amide bonds. The molecule has 0 aromatic heterocycles. The lowest BCUT2D eigenvalue weighted by molar-refractivity contribution is 0.365. The standard InChI is InChI=1S/C15H28/c1-6-7-8-9-11-14(2)12-10-13-15(3,4)5/h7-8,11H,6,9-10,12-13H2,1-5H3/b8-7+,14-11-. The average Bonchev–Trinajstić information content (AvgIpc) is 2.10. The van der Waals surface area contributed by atoms with Gasteiger partial charge in [-0.15, -0.1) is 0 Å². The molecule has 0 saturated heterocycles. The van der Waals surface area contributed by atoms with E-state index in [1.165, 1.54) is 19.3 Å². The van der Waals surface area contributed by atoms with Crippen molar-refractivity contribution in [3.8, 4) is 0 Å². The number of hydrogen-bond donors (Lipinski definition) is 0. The van der Waals surface area contributed by atoms with Crippen molar-refractivity contribution >= 4 is 0 Å². The van der Waals surface area contributed by atoms with Gasteiger partial charge in [0.1, 0.15) is 0 Å². The van der Waals surface area contributed by atoms with Crippen LogP contribution in [0.2, 0.25) is 0 Å². The molecule has 0 aromatic carbocycles. The summed E-state index contributed by atoms with van der Waals surface area (Å²) in [5.41, 5.74) is 2.03. The van der Waals surface area contributed by atoms with E-state index < -0.39 is 0 Å². The first kappa shape index (κ1) is 14.5. The maximum Gasteiger partial charge on any atom is -0.0167 e. The topological polar surface area (TPSA) is 0 Å². The van der Waals surface area contributed by atoms with Crippen LogP contribution >= 0.6 is 0 Å². The highest BCUT2D eigenvalue weighted by molar-refractivity contribution is 5.02. The summed E-state index contributed by atoms with van der Waals surface area (Å²) >= 11 is 0. The Morgan fingerprint density at radius 3 is 2.33 bits per heavy atom. The SMILES string of the molecule is CC/C=C/C/C=C(/C)CCCC(C)(C)C. The van der Waals surface area contributed by atoms with Crippen LogP contribution in [0.5, 0.6) is 0 Å². The Kier molecular flexibility index (Phi) is 7.46. The third-order valence-corrected chi connectivity index (χ3v) is 2.50. The fourth-order valence-electron chi connectivity index (χ4n) is 1.53. The van der Waals surface area contributed by atoms with E-state index in [2.05, 4.69) is 52.8 Å². The van der Waals surface area contributed by atoms with Crippen LogP contribution in [0.4, 0.5) is 0 Å². The van der Waals surface area contributed by atoms with Crippen LogP contribution in [0, 0.1) is 5.41 Å². The molecule has 0 spiro atoms. The van der Waals surface area contributed by atoms with E-state index in [-0.39, 0.29) is 0 Å². The van der Waals surface area contributed by atoms with Crippen LogP contribution in [0.1, 0.15) is 66.7 Å². The first-order valence-corrected chi connectivity index (χ1v) is 6.26. The van der Waals surface area contributed by atoms with Crippen molar-refractivity contribution < 1.29 is 0 Å². The molecule has 0 N–H and O–H groups in total. The zero-order chi connectivity index (χ0) is 11.7. The molecule has 0 heteroatoms. The summed E-state index contributed by atoms with van der Waals surface area (Å²) in [5.74, 6) is 0. The lowest BCUT2D eigenvalue weighted by atomic mass is 9.89. The molecule has 0 rings (SSSR count). The normalized spacial score (nSPS) is 13.8. The third kappa shape index (κ3) is 11.4. The quantitative estimate of drug-likeness (QED) is 0.505. The van der Waals surface area contributed by atoms with Gasteiger partial charge in [0.05, 0.1) is 0 Å². The summed E-state index contributed by atoms with van der Waals surface area (Å²) in [6, 6.07) is 0. The maximum absolute atomic E-state index is 2.36. The monoisotopic (exact) mass is 208 g/mol. The Morgan fingerprint density at radius 2 is 1.80 bits per heavy atom. The average molecular weight is 208 g/mol. The van der Waals surface area contributed by atoms with Crippen molar-refractivity contribution in [3.05, 3.63) is 23.8 Å². The molecule has 0 unspecified atom stereocenters. The summed E-state index contributed by atoms with van der Waals surface area (Å²) in [7, 11) is 0. The first-order valence-electron chi connectivity index (χ1n) is 6.26. The van der Waals surface area contributed by atoms with Crippen molar-refractivity contribution in [1.29, 1.82) is 0 Å². The van der Waals surface area contributed by atoms with Crippen LogP contribution < -0.4 is 0 Å². The number of hydrogen-bond acceptors (Lipinski definition) is 0. The summed E-state index contributed by atoms with van der Waals surface area (Å²) in [5, 5.41) is 0. The van der Waals surface area contributed by atoms with Gasteiger partial charge in [-0.2, -0.15) is 0 Å². The van der Waals surface area contributed by atoms with Crippen LogP contribution in [0.25, 0.3) is 0 Å². The van der Waals surface area contributed by atoms with Crippen molar-refractivity contribution in [2.75, 3.05) is 0 Å². The zero-order valence-corrected chi connectivity index (χ0v) is 11.3. The van der Waals surface area contributed by atoms with E-state index in [4.69, 9.17) is 0 Å². The van der Waals surface area contributed by atoms with E-state index in [0.29, 0.717) is 5.41 Å². The molecule has 0 atom stereocenters. The molecule has 0 radical (unpaired) electrons. The summed E-state index contributed by atoms with van der Waals surface area (Å²) in [6.45, 7) is 11.4. The molecule has 0 aliphatic heterocycles. The predicted molar refractivity (Wildman–Crippen MR) is 71.1 cm³/mol. The Hall–Kier alpha value is -0.520. The van der Waals surface area contributed by atoms with E-state index in [1.807, 2.05) is 0 Å². The Labute approximate surface area is 96.5 Å². The molecular weight excluding hydrogens is 180 g/mol. The highest BCUT2D eigenvalue weighted by Crippen LogP contribution is 2.23. The molecule has 0 heterocycles. The molecule has 0 nitrogen and oxygen atoms in total. The van der Waals surface area contributed by atoms with Crippen LogP contribution in [-0.2, 0) is 0 Å². The molecule has 0 bridgehead atoms. The number of allylic oxidation sites excluding steroid dienone is 4. The van der Waals surface area contributed by atoms with Gasteiger partial charge < -0.3 is 0 Å². The van der Waals surface area contributed by atoms with Gasteiger partial charge >= 0.3 is 0 Å². The van der Waals surface area contributed by atoms with Gasteiger partial charge in [0.2, 0.25) is 0 Å². The predicted octanol–water partition coefficient (Wildman–Crippen LogP) is 5.51. The second-order valence-electron chi connectivity index (χ2n) is 5.58. The molecule has 0 aliphatic rings. The fourth-order valence-corrected chi connectivity index (χ4v) is 1.53. The Morgan fingerprint density at radius 1 is 1.13 bits per heavy atom. The Bertz CT molecular complexity index is 201. The van der Waals surface area contributed by atoms with Gasteiger partial charge in [-0.3, -0.25) is 0 Å². The minimum Gasteiger partial charge on any atom is -0.0885 e. The van der Waals surface area contributed by atoms with Crippen molar-refractivity contribution in [1.82, 2.24) is 0 Å². The summed E-state index contributed by atoms with van der Waals surface area (Å²) in [4.78, 5) is 0. The molecule has 0 fully saturated rings. The van der Waals surface area contributed by atoms with Gasteiger partial charge in [0, 0.05) is 0 Å². The smallest absolute Gasteiger partial charge is 0.0167 e. The van der Waals surface area contributed by atoms with Crippen LogP contribution in [0.3, 0.4) is 0 Å². The van der Waals surface area contributed by atoms with E-state index in [1.54, 1.807) is 5.57 Å². The highest BCUT2D eigenvalue weighted by Gasteiger charge is 2.08. The fraction of sp³-hybridized carbons (Fsp3) is 0.733. The highest BCUT2D eigenvalue weighted by atomic mass is 14.1. The van der Waals surface area contributed by atoms with Gasteiger partial charge in [0.15, 0.2) is 0 Å². The first-order chi connectivity index (χ1) is 6.95. The van der Waals surface area contributed by atoms with E-state index in [0.717, 1.165) is 12.8 Å². The van der Waals surface area contributed by atoms with Crippen molar-refractivity contribution in [2.24, 2.45) is 5.41 Å². The number of rotatable bonds is 6. The zero-order valence-electron chi connectivity index (χ0n) is 11.3. The molecule has 88 valence electrons. The molecule has 15 heavy (non-hydrogen) atoms.